The SMILES string of the molecule is CCCN(CC(=O)Nc1cc(Cl)ccc1Cl)C(=O)c1cc(C)nc2ccccc12. The normalized spacial score (nSPS) is 10.8. The van der Waals surface area contributed by atoms with Gasteiger partial charge in [-0.1, -0.05) is 48.3 Å². The molecule has 150 valence electrons. The predicted molar refractivity (Wildman–Crippen MR) is 118 cm³/mol. The van der Waals surface area contributed by atoms with Crippen molar-refractivity contribution >= 4 is 51.6 Å². The van der Waals surface area contributed by atoms with Gasteiger partial charge in [-0.3, -0.25) is 14.6 Å². The topological polar surface area (TPSA) is 62.3 Å². The van der Waals surface area contributed by atoms with E-state index in [2.05, 4.69) is 10.3 Å². The number of aryl methyl sites for hydroxylation is 1. The van der Waals surface area contributed by atoms with E-state index in [1.807, 2.05) is 38.1 Å². The fourth-order valence-corrected chi connectivity index (χ4v) is 3.47. The van der Waals surface area contributed by atoms with Crippen molar-refractivity contribution < 1.29 is 9.59 Å². The second-order valence-corrected chi connectivity index (χ2v) is 7.57. The van der Waals surface area contributed by atoms with E-state index in [0.717, 1.165) is 23.0 Å². The highest BCUT2D eigenvalue weighted by atomic mass is 35.5. The summed E-state index contributed by atoms with van der Waals surface area (Å²) in [5.74, 6) is -0.549. The Morgan fingerprint density at radius 3 is 2.62 bits per heavy atom. The molecule has 5 nitrogen and oxygen atoms in total. The number of rotatable bonds is 6. The van der Waals surface area contributed by atoms with E-state index in [1.165, 1.54) is 4.90 Å². The summed E-state index contributed by atoms with van der Waals surface area (Å²) in [6.07, 6.45) is 0.721. The van der Waals surface area contributed by atoms with Crippen LogP contribution in [0, 0.1) is 6.92 Å². The molecular formula is C22H21Cl2N3O2. The summed E-state index contributed by atoms with van der Waals surface area (Å²) >= 11 is 12.1. The molecule has 3 rings (SSSR count). The number of aromatic nitrogens is 1. The number of nitrogens with one attached hydrogen (secondary N) is 1. The fourth-order valence-electron chi connectivity index (χ4n) is 3.13. The number of halogens is 2. The summed E-state index contributed by atoms with van der Waals surface area (Å²) in [5.41, 5.74) is 2.45. The van der Waals surface area contributed by atoms with Crippen LogP contribution in [0.15, 0.2) is 48.5 Å². The molecule has 0 saturated carbocycles. The Bertz CT molecular complexity index is 1070. The molecule has 29 heavy (non-hydrogen) atoms. The summed E-state index contributed by atoms with van der Waals surface area (Å²) in [6.45, 7) is 4.17. The van der Waals surface area contributed by atoms with Gasteiger partial charge in [-0.2, -0.15) is 0 Å². The molecule has 2 aromatic carbocycles. The quantitative estimate of drug-likeness (QED) is 0.574. The van der Waals surface area contributed by atoms with Gasteiger partial charge in [0.2, 0.25) is 5.91 Å². The molecule has 1 aromatic heterocycles. The highest BCUT2D eigenvalue weighted by Crippen LogP contribution is 2.25. The summed E-state index contributed by atoms with van der Waals surface area (Å²) in [5, 5.41) is 4.34. The Balaban J connectivity index is 1.85. The van der Waals surface area contributed by atoms with E-state index in [1.54, 1.807) is 24.3 Å². The maximum Gasteiger partial charge on any atom is 0.255 e. The highest BCUT2D eigenvalue weighted by molar-refractivity contribution is 6.35. The molecule has 0 aliphatic rings. The van der Waals surface area contributed by atoms with E-state index in [4.69, 9.17) is 23.2 Å². The fraction of sp³-hybridized carbons (Fsp3) is 0.227. The Morgan fingerprint density at radius 2 is 1.86 bits per heavy atom. The molecule has 0 radical (unpaired) electrons. The third-order valence-electron chi connectivity index (χ3n) is 4.39. The number of carbonyl (C=O) groups is 2. The van der Waals surface area contributed by atoms with E-state index >= 15 is 0 Å². The highest BCUT2D eigenvalue weighted by Gasteiger charge is 2.21. The Morgan fingerprint density at radius 1 is 1.10 bits per heavy atom. The molecule has 2 amide bonds. The average Bonchev–Trinajstić information content (AvgIpc) is 2.69. The first-order valence-corrected chi connectivity index (χ1v) is 10.0. The lowest BCUT2D eigenvalue weighted by Crippen LogP contribution is -2.38. The number of amides is 2. The summed E-state index contributed by atoms with van der Waals surface area (Å²) in [4.78, 5) is 31.9. The lowest BCUT2D eigenvalue weighted by Gasteiger charge is -2.23. The second kappa shape index (κ2) is 9.25. The second-order valence-electron chi connectivity index (χ2n) is 6.73. The molecule has 3 aromatic rings. The molecule has 1 N–H and O–H groups in total. The largest absolute Gasteiger partial charge is 0.329 e. The van der Waals surface area contributed by atoms with Crippen molar-refractivity contribution in [2.45, 2.75) is 20.3 Å². The van der Waals surface area contributed by atoms with Gasteiger partial charge in [-0.05, 0) is 43.7 Å². The Hall–Kier alpha value is -2.63. The Kier molecular flexibility index (Phi) is 6.72. The van der Waals surface area contributed by atoms with Gasteiger partial charge in [-0.15, -0.1) is 0 Å². The first kappa shape index (κ1) is 21.1. The van der Waals surface area contributed by atoms with Crippen LogP contribution in [0.2, 0.25) is 10.0 Å². The molecular weight excluding hydrogens is 409 g/mol. The van der Waals surface area contributed by atoms with Crippen molar-refractivity contribution in [1.82, 2.24) is 9.88 Å². The molecule has 0 bridgehead atoms. The number of carbonyl (C=O) groups excluding carboxylic acids is 2. The van der Waals surface area contributed by atoms with Gasteiger partial charge >= 0.3 is 0 Å². The molecule has 0 fully saturated rings. The van der Waals surface area contributed by atoms with Crippen LogP contribution in [-0.4, -0.2) is 34.8 Å². The monoisotopic (exact) mass is 429 g/mol. The first-order valence-electron chi connectivity index (χ1n) is 9.29. The van der Waals surface area contributed by atoms with Crippen LogP contribution in [0.25, 0.3) is 10.9 Å². The van der Waals surface area contributed by atoms with Crippen LogP contribution >= 0.6 is 23.2 Å². The van der Waals surface area contributed by atoms with Crippen molar-refractivity contribution in [2.24, 2.45) is 0 Å². The zero-order valence-corrected chi connectivity index (χ0v) is 17.7. The Labute approximate surface area is 179 Å². The summed E-state index contributed by atoms with van der Waals surface area (Å²) < 4.78 is 0. The van der Waals surface area contributed by atoms with Gasteiger partial charge in [0.05, 0.1) is 21.8 Å². The van der Waals surface area contributed by atoms with Crippen molar-refractivity contribution in [1.29, 1.82) is 0 Å². The van der Waals surface area contributed by atoms with Crippen LogP contribution in [0.5, 0.6) is 0 Å². The van der Waals surface area contributed by atoms with Crippen LogP contribution in [0.3, 0.4) is 0 Å². The first-order chi connectivity index (χ1) is 13.9. The number of anilines is 1. The predicted octanol–water partition coefficient (Wildman–Crippen LogP) is 5.34. The van der Waals surface area contributed by atoms with E-state index in [-0.39, 0.29) is 18.4 Å². The average molecular weight is 430 g/mol. The number of benzene rings is 2. The van der Waals surface area contributed by atoms with Gasteiger partial charge < -0.3 is 10.2 Å². The van der Waals surface area contributed by atoms with Gasteiger partial charge in [0.15, 0.2) is 0 Å². The van der Waals surface area contributed by atoms with E-state index < -0.39 is 0 Å². The molecule has 0 saturated heterocycles. The van der Waals surface area contributed by atoms with Crippen LogP contribution in [-0.2, 0) is 4.79 Å². The van der Waals surface area contributed by atoms with E-state index in [9.17, 15) is 9.59 Å². The maximum absolute atomic E-state index is 13.3. The summed E-state index contributed by atoms with van der Waals surface area (Å²) in [7, 11) is 0. The molecule has 7 heteroatoms. The number of para-hydroxylation sites is 1. The molecule has 1 heterocycles. The van der Waals surface area contributed by atoms with Gasteiger partial charge in [0.1, 0.15) is 6.54 Å². The third kappa shape index (κ3) is 5.05. The molecule has 0 aliphatic heterocycles. The molecule has 0 aliphatic carbocycles. The number of fused-ring (bicyclic) bond motifs is 1. The van der Waals surface area contributed by atoms with Crippen LogP contribution in [0.1, 0.15) is 29.4 Å². The minimum atomic E-state index is -0.342. The van der Waals surface area contributed by atoms with Gasteiger partial charge in [-0.25, -0.2) is 0 Å². The lowest BCUT2D eigenvalue weighted by molar-refractivity contribution is -0.116. The molecule has 0 unspecified atom stereocenters. The van der Waals surface area contributed by atoms with E-state index in [0.29, 0.717) is 27.8 Å². The van der Waals surface area contributed by atoms with Crippen molar-refractivity contribution in [3.63, 3.8) is 0 Å². The van der Waals surface area contributed by atoms with Crippen molar-refractivity contribution in [2.75, 3.05) is 18.4 Å². The summed E-state index contributed by atoms with van der Waals surface area (Å²) in [6, 6.07) is 14.1. The zero-order valence-electron chi connectivity index (χ0n) is 16.2. The smallest absolute Gasteiger partial charge is 0.255 e. The molecule has 0 atom stereocenters. The standard InChI is InChI=1S/C22H21Cl2N3O2/c1-3-10-27(13-21(28)26-20-12-15(23)8-9-18(20)24)22(29)17-11-14(2)25-19-7-5-4-6-16(17)19/h4-9,11-12H,3,10,13H2,1-2H3,(H,26,28). The third-order valence-corrected chi connectivity index (χ3v) is 4.96. The number of pyridine rings is 1. The minimum absolute atomic E-state index is 0.0921. The van der Waals surface area contributed by atoms with Gasteiger partial charge in [0, 0.05) is 22.6 Å². The van der Waals surface area contributed by atoms with Crippen LogP contribution < -0.4 is 5.32 Å². The number of hydrogen-bond acceptors (Lipinski definition) is 3. The minimum Gasteiger partial charge on any atom is -0.329 e. The van der Waals surface area contributed by atoms with Gasteiger partial charge in [0.25, 0.3) is 5.91 Å². The van der Waals surface area contributed by atoms with Crippen LogP contribution in [0.4, 0.5) is 5.69 Å². The van der Waals surface area contributed by atoms with Crippen molar-refractivity contribution in [3.8, 4) is 0 Å². The van der Waals surface area contributed by atoms with Crippen molar-refractivity contribution in [3.05, 3.63) is 69.8 Å². The number of nitrogens with zero attached hydrogens (tertiary/aromatic N) is 2. The zero-order chi connectivity index (χ0) is 21.0. The lowest BCUT2D eigenvalue weighted by atomic mass is 10.1. The molecule has 0 spiro atoms. The maximum atomic E-state index is 13.3. The number of hydrogen-bond donors (Lipinski definition) is 1.